The maximum absolute atomic E-state index is 13.3. The Morgan fingerprint density at radius 2 is 1.90 bits per heavy atom. The fourth-order valence-corrected chi connectivity index (χ4v) is 1.98. The van der Waals surface area contributed by atoms with Crippen LogP contribution in [0.1, 0.15) is 17.3 Å². The van der Waals surface area contributed by atoms with Crippen LogP contribution >= 0.6 is 0 Å². The van der Waals surface area contributed by atoms with Gasteiger partial charge in [0.25, 0.3) is 0 Å². The second-order valence-corrected chi connectivity index (χ2v) is 4.49. The Morgan fingerprint density at radius 3 is 2.62 bits per heavy atom. The molecule has 0 aliphatic heterocycles. The van der Waals surface area contributed by atoms with Gasteiger partial charge in [0.05, 0.1) is 5.69 Å². The van der Waals surface area contributed by atoms with E-state index in [1.165, 1.54) is 29.9 Å². The minimum Gasteiger partial charge on any atom is -0.294 e. The highest BCUT2D eigenvalue weighted by molar-refractivity contribution is 5.97. The van der Waals surface area contributed by atoms with Gasteiger partial charge in [0.1, 0.15) is 5.82 Å². The van der Waals surface area contributed by atoms with Gasteiger partial charge >= 0.3 is 0 Å². The van der Waals surface area contributed by atoms with Crippen LogP contribution in [-0.4, -0.2) is 26.0 Å². The van der Waals surface area contributed by atoms with Gasteiger partial charge in [0, 0.05) is 11.1 Å². The third-order valence-electron chi connectivity index (χ3n) is 3.00. The van der Waals surface area contributed by atoms with Crippen molar-refractivity contribution in [3.8, 4) is 17.1 Å². The van der Waals surface area contributed by atoms with Crippen LogP contribution in [0.15, 0.2) is 48.5 Å². The molecule has 5 nitrogen and oxygen atoms in total. The summed E-state index contributed by atoms with van der Waals surface area (Å²) >= 11 is 0. The Morgan fingerprint density at radius 1 is 1.14 bits per heavy atom. The van der Waals surface area contributed by atoms with Crippen molar-refractivity contribution in [1.29, 1.82) is 0 Å². The molecule has 0 fully saturated rings. The van der Waals surface area contributed by atoms with Crippen LogP contribution in [0.2, 0.25) is 0 Å². The zero-order valence-electron chi connectivity index (χ0n) is 11.2. The van der Waals surface area contributed by atoms with E-state index in [1.807, 2.05) is 30.3 Å². The predicted octanol–water partition coefficient (Wildman–Crippen LogP) is 2.67. The summed E-state index contributed by atoms with van der Waals surface area (Å²) in [6, 6.07) is 13.2. The molecule has 104 valence electrons. The predicted molar refractivity (Wildman–Crippen MR) is 74.6 cm³/mol. The monoisotopic (exact) mass is 282 g/mol. The highest BCUT2D eigenvalue weighted by Gasteiger charge is 2.14. The number of hydrogen-bond acceptors (Lipinski definition) is 4. The third kappa shape index (κ3) is 2.55. The Balaban J connectivity index is 2.07. The molecule has 3 rings (SSSR count). The average Bonchev–Trinajstić information content (AvgIpc) is 2.97. The van der Waals surface area contributed by atoms with Crippen molar-refractivity contribution in [3.05, 3.63) is 59.9 Å². The lowest BCUT2D eigenvalue weighted by atomic mass is 10.1. The van der Waals surface area contributed by atoms with Crippen molar-refractivity contribution in [3.63, 3.8) is 0 Å². The first-order chi connectivity index (χ1) is 10.1. The van der Waals surface area contributed by atoms with E-state index >= 15 is 0 Å². The number of Topliss-reactive ketones (excluding diaryl/α,β-unsaturated/α-hetero) is 1. The molecule has 0 amide bonds. The molecular formula is C15H11FN4O. The lowest BCUT2D eigenvalue weighted by molar-refractivity contribution is 0.101. The van der Waals surface area contributed by atoms with Crippen LogP contribution in [-0.2, 0) is 0 Å². The second kappa shape index (κ2) is 5.24. The molecule has 1 aromatic heterocycles. The number of nitrogens with zero attached hydrogens (tertiary/aromatic N) is 4. The largest absolute Gasteiger partial charge is 0.294 e. The highest BCUT2D eigenvalue weighted by Crippen LogP contribution is 2.18. The first-order valence-electron chi connectivity index (χ1n) is 6.31. The summed E-state index contributed by atoms with van der Waals surface area (Å²) < 4.78 is 13.3. The summed E-state index contributed by atoms with van der Waals surface area (Å²) in [5, 5.41) is 12.1. The van der Waals surface area contributed by atoms with Crippen molar-refractivity contribution in [2.45, 2.75) is 6.92 Å². The van der Waals surface area contributed by atoms with Crippen LogP contribution in [0.3, 0.4) is 0 Å². The molecule has 21 heavy (non-hydrogen) atoms. The fourth-order valence-electron chi connectivity index (χ4n) is 1.98. The Bertz CT molecular complexity index is 798. The molecule has 1 heterocycles. The van der Waals surface area contributed by atoms with Crippen molar-refractivity contribution < 1.29 is 9.18 Å². The molecule has 0 radical (unpaired) electrons. The lowest BCUT2D eigenvalue weighted by Crippen LogP contribution is -2.07. The summed E-state index contributed by atoms with van der Waals surface area (Å²) in [4.78, 5) is 12.8. The number of hydrogen-bond donors (Lipinski definition) is 0. The summed E-state index contributed by atoms with van der Waals surface area (Å²) in [5.74, 6) is -0.301. The van der Waals surface area contributed by atoms with Crippen molar-refractivity contribution in [2.24, 2.45) is 0 Å². The second-order valence-electron chi connectivity index (χ2n) is 4.49. The van der Waals surface area contributed by atoms with Crippen LogP contribution < -0.4 is 0 Å². The van der Waals surface area contributed by atoms with Gasteiger partial charge in [0.2, 0.25) is 5.82 Å². The number of rotatable bonds is 3. The quantitative estimate of drug-likeness (QED) is 0.693. The fraction of sp³-hybridized carbons (Fsp3) is 0.0667. The number of tetrazole rings is 1. The molecule has 2 aromatic carbocycles. The highest BCUT2D eigenvalue weighted by atomic mass is 19.1. The van der Waals surface area contributed by atoms with E-state index in [2.05, 4.69) is 15.4 Å². The van der Waals surface area contributed by atoms with Gasteiger partial charge in [-0.3, -0.25) is 4.79 Å². The maximum atomic E-state index is 13.3. The first kappa shape index (κ1) is 13.1. The van der Waals surface area contributed by atoms with E-state index in [4.69, 9.17) is 0 Å². The number of aromatic nitrogens is 4. The van der Waals surface area contributed by atoms with E-state index in [1.54, 1.807) is 0 Å². The van der Waals surface area contributed by atoms with Gasteiger partial charge in [-0.1, -0.05) is 30.3 Å². The van der Waals surface area contributed by atoms with Crippen LogP contribution in [0.25, 0.3) is 17.1 Å². The van der Waals surface area contributed by atoms with E-state index < -0.39 is 5.82 Å². The molecule has 0 unspecified atom stereocenters. The lowest BCUT2D eigenvalue weighted by Gasteiger charge is -2.04. The molecular weight excluding hydrogens is 271 g/mol. The van der Waals surface area contributed by atoms with E-state index in [9.17, 15) is 9.18 Å². The normalized spacial score (nSPS) is 10.6. The van der Waals surface area contributed by atoms with E-state index in [0.29, 0.717) is 11.5 Å². The molecule has 0 saturated heterocycles. The molecule has 0 N–H and O–H groups in total. The smallest absolute Gasteiger partial charge is 0.205 e. The summed E-state index contributed by atoms with van der Waals surface area (Å²) in [7, 11) is 0. The number of carbonyl (C=O) groups is 1. The number of carbonyl (C=O) groups excluding carboxylic acids is 1. The van der Waals surface area contributed by atoms with Gasteiger partial charge in [0.15, 0.2) is 5.78 Å². The first-order valence-corrected chi connectivity index (χ1v) is 6.31. The zero-order chi connectivity index (χ0) is 14.8. The van der Waals surface area contributed by atoms with Gasteiger partial charge in [-0.15, -0.1) is 15.0 Å². The molecule has 0 aliphatic rings. The van der Waals surface area contributed by atoms with E-state index in [-0.39, 0.29) is 11.3 Å². The average molecular weight is 282 g/mol. The molecule has 0 atom stereocenters. The van der Waals surface area contributed by atoms with Crippen LogP contribution in [0, 0.1) is 5.82 Å². The maximum Gasteiger partial charge on any atom is 0.205 e. The SMILES string of the molecule is CC(=O)c1cc(F)ccc1-n1nnc(-c2ccccc2)n1. The molecule has 3 aromatic rings. The Labute approximate surface area is 120 Å². The zero-order valence-corrected chi connectivity index (χ0v) is 11.2. The molecule has 0 saturated carbocycles. The number of ketones is 1. The third-order valence-corrected chi connectivity index (χ3v) is 3.00. The van der Waals surface area contributed by atoms with Crippen LogP contribution in [0.5, 0.6) is 0 Å². The van der Waals surface area contributed by atoms with Crippen LogP contribution in [0.4, 0.5) is 4.39 Å². The van der Waals surface area contributed by atoms with E-state index in [0.717, 1.165) is 5.56 Å². The molecule has 6 heteroatoms. The minimum absolute atomic E-state index is 0.215. The minimum atomic E-state index is -0.479. The topological polar surface area (TPSA) is 60.7 Å². The van der Waals surface area contributed by atoms with Gasteiger partial charge in [-0.2, -0.15) is 0 Å². The summed E-state index contributed by atoms with van der Waals surface area (Å²) in [6.45, 7) is 1.37. The van der Waals surface area contributed by atoms with Crippen molar-refractivity contribution in [1.82, 2.24) is 20.2 Å². The van der Waals surface area contributed by atoms with Crippen molar-refractivity contribution >= 4 is 5.78 Å². The Hall–Kier alpha value is -2.89. The molecule has 0 aliphatic carbocycles. The standard InChI is InChI=1S/C15H11FN4O/c1-10(21)13-9-12(16)7-8-14(13)20-18-15(17-19-20)11-5-3-2-4-6-11/h2-9H,1H3. The summed E-state index contributed by atoms with van der Waals surface area (Å²) in [5.41, 5.74) is 1.43. The van der Waals surface area contributed by atoms with Gasteiger partial charge < -0.3 is 0 Å². The summed E-state index contributed by atoms with van der Waals surface area (Å²) in [6.07, 6.45) is 0. The Kier molecular flexibility index (Phi) is 3.27. The van der Waals surface area contributed by atoms with Gasteiger partial charge in [-0.05, 0) is 30.3 Å². The number of halogens is 1. The molecule has 0 bridgehead atoms. The van der Waals surface area contributed by atoms with Crippen molar-refractivity contribution in [2.75, 3.05) is 0 Å². The molecule has 0 spiro atoms. The van der Waals surface area contributed by atoms with Gasteiger partial charge in [-0.25, -0.2) is 4.39 Å². The number of benzene rings is 2.